The zero-order valence-electron chi connectivity index (χ0n) is 18.1. The van der Waals surface area contributed by atoms with Gasteiger partial charge in [0.05, 0.1) is 16.9 Å². The first-order valence-electron chi connectivity index (χ1n) is 10.2. The van der Waals surface area contributed by atoms with Gasteiger partial charge in [0.1, 0.15) is 11.4 Å². The van der Waals surface area contributed by atoms with Gasteiger partial charge in [-0.3, -0.25) is 9.59 Å². The summed E-state index contributed by atoms with van der Waals surface area (Å²) in [6, 6.07) is 19.4. The Morgan fingerprint density at radius 3 is 2.53 bits per heavy atom. The number of hydrogen-bond acceptors (Lipinski definition) is 6. The number of ether oxygens (including phenoxy) is 3. The van der Waals surface area contributed by atoms with E-state index >= 15 is 0 Å². The van der Waals surface area contributed by atoms with Gasteiger partial charge in [-0.25, -0.2) is 5.43 Å². The summed E-state index contributed by atoms with van der Waals surface area (Å²) in [5.41, 5.74) is 4.34. The van der Waals surface area contributed by atoms with Crippen LogP contribution < -0.4 is 25.0 Å². The van der Waals surface area contributed by atoms with Crippen molar-refractivity contribution in [3.05, 3.63) is 92.7 Å². The second-order valence-corrected chi connectivity index (χ2v) is 8.25. The molecule has 3 aromatic rings. The van der Waals surface area contributed by atoms with Crippen LogP contribution in [0.4, 0.5) is 0 Å². The van der Waals surface area contributed by atoms with Gasteiger partial charge >= 0.3 is 0 Å². The third-order valence-corrected chi connectivity index (χ3v) is 5.64. The van der Waals surface area contributed by atoms with Crippen LogP contribution in [0.25, 0.3) is 6.08 Å². The summed E-state index contributed by atoms with van der Waals surface area (Å²) in [5, 5.41) is 6.70. The van der Waals surface area contributed by atoms with Gasteiger partial charge in [-0.2, -0.15) is 5.10 Å². The number of hydrazone groups is 1. The molecule has 2 amide bonds. The standard InChI is InChI=1S/C25H20IN3O5/c1-32-21-9-8-17(11-19(21)26)14-27-29-25(31)20(28-24(30)18-5-3-2-4-6-18)12-16-7-10-22-23(13-16)34-15-33-22/h2-14H,15H2,1H3,(H,28,30)(H,29,31)/b20-12+,27-14-. The fraction of sp³-hybridized carbons (Fsp3) is 0.0800. The lowest BCUT2D eigenvalue weighted by Crippen LogP contribution is -2.32. The molecule has 0 spiro atoms. The van der Waals surface area contributed by atoms with Crippen LogP contribution in [0.5, 0.6) is 17.2 Å². The fourth-order valence-electron chi connectivity index (χ4n) is 3.10. The summed E-state index contributed by atoms with van der Waals surface area (Å²) in [7, 11) is 1.60. The summed E-state index contributed by atoms with van der Waals surface area (Å²) in [6.45, 7) is 0.138. The Morgan fingerprint density at radius 1 is 1.00 bits per heavy atom. The number of hydrogen-bond donors (Lipinski definition) is 2. The van der Waals surface area contributed by atoms with Crippen LogP contribution in [-0.2, 0) is 4.79 Å². The molecule has 0 unspecified atom stereocenters. The number of halogens is 1. The minimum Gasteiger partial charge on any atom is -0.496 e. The average molecular weight is 569 g/mol. The molecule has 8 nitrogen and oxygen atoms in total. The molecule has 0 atom stereocenters. The quantitative estimate of drug-likeness (QED) is 0.195. The number of benzene rings is 3. The Bertz CT molecular complexity index is 1270. The molecule has 34 heavy (non-hydrogen) atoms. The van der Waals surface area contributed by atoms with Crippen molar-refractivity contribution < 1.29 is 23.8 Å². The Balaban J connectivity index is 1.54. The first-order valence-corrected chi connectivity index (χ1v) is 11.3. The summed E-state index contributed by atoms with van der Waals surface area (Å²) >= 11 is 2.16. The minimum atomic E-state index is -0.582. The van der Waals surface area contributed by atoms with Crippen LogP contribution in [0.1, 0.15) is 21.5 Å². The molecule has 0 saturated carbocycles. The maximum atomic E-state index is 12.9. The molecular weight excluding hydrogens is 549 g/mol. The molecule has 0 saturated heterocycles. The molecule has 0 aliphatic carbocycles. The topological polar surface area (TPSA) is 98.2 Å². The molecule has 0 bridgehead atoms. The molecule has 0 radical (unpaired) electrons. The predicted molar refractivity (Wildman–Crippen MR) is 136 cm³/mol. The number of carbonyl (C=O) groups excluding carboxylic acids is 2. The largest absolute Gasteiger partial charge is 0.496 e. The lowest BCUT2D eigenvalue weighted by Gasteiger charge is -2.09. The molecule has 1 heterocycles. The second kappa shape index (κ2) is 10.8. The highest BCUT2D eigenvalue weighted by Crippen LogP contribution is 2.33. The van der Waals surface area contributed by atoms with E-state index in [0.717, 1.165) is 14.9 Å². The van der Waals surface area contributed by atoms with Gasteiger partial charge < -0.3 is 19.5 Å². The number of methoxy groups -OCH3 is 1. The lowest BCUT2D eigenvalue weighted by molar-refractivity contribution is -0.117. The van der Waals surface area contributed by atoms with Crippen molar-refractivity contribution in [1.29, 1.82) is 0 Å². The van der Waals surface area contributed by atoms with E-state index in [2.05, 4.69) is 38.4 Å². The van der Waals surface area contributed by atoms with Crippen LogP contribution in [0.3, 0.4) is 0 Å². The van der Waals surface area contributed by atoms with E-state index in [1.54, 1.807) is 55.7 Å². The Morgan fingerprint density at radius 2 is 1.76 bits per heavy atom. The normalized spacial score (nSPS) is 12.5. The van der Waals surface area contributed by atoms with Crippen molar-refractivity contribution in [2.75, 3.05) is 13.9 Å². The maximum absolute atomic E-state index is 12.9. The number of nitrogens with one attached hydrogen (secondary N) is 2. The molecule has 1 aliphatic heterocycles. The van der Waals surface area contributed by atoms with Gasteiger partial charge in [-0.1, -0.05) is 24.3 Å². The number of fused-ring (bicyclic) bond motifs is 1. The molecule has 2 N–H and O–H groups in total. The number of carbonyl (C=O) groups is 2. The van der Waals surface area contributed by atoms with Gasteiger partial charge in [-0.05, 0) is 82.3 Å². The molecular formula is C25H20IN3O5. The van der Waals surface area contributed by atoms with Gasteiger partial charge in [0, 0.05) is 5.56 Å². The van der Waals surface area contributed by atoms with Crippen LogP contribution in [0.2, 0.25) is 0 Å². The monoisotopic (exact) mass is 569 g/mol. The number of nitrogens with zero attached hydrogens (tertiary/aromatic N) is 1. The Hall–Kier alpha value is -3.86. The van der Waals surface area contributed by atoms with Gasteiger partial charge in [-0.15, -0.1) is 0 Å². The van der Waals surface area contributed by atoms with Gasteiger partial charge in [0.2, 0.25) is 6.79 Å². The summed E-state index contributed by atoms with van der Waals surface area (Å²) < 4.78 is 16.9. The number of amides is 2. The molecule has 9 heteroatoms. The fourth-order valence-corrected chi connectivity index (χ4v) is 3.86. The number of rotatable bonds is 7. The maximum Gasteiger partial charge on any atom is 0.287 e. The van der Waals surface area contributed by atoms with Crippen molar-refractivity contribution >= 4 is 46.7 Å². The van der Waals surface area contributed by atoms with Crippen LogP contribution >= 0.6 is 22.6 Å². The van der Waals surface area contributed by atoms with Crippen LogP contribution in [0.15, 0.2) is 77.5 Å². The molecule has 4 rings (SSSR count). The Kier molecular flexibility index (Phi) is 7.43. The highest BCUT2D eigenvalue weighted by Gasteiger charge is 2.17. The van der Waals surface area contributed by atoms with Gasteiger partial charge in [0.15, 0.2) is 11.5 Å². The highest BCUT2D eigenvalue weighted by atomic mass is 127. The summed E-state index contributed by atoms with van der Waals surface area (Å²) in [6.07, 6.45) is 3.06. The molecule has 1 aliphatic rings. The zero-order valence-corrected chi connectivity index (χ0v) is 20.2. The van der Waals surface area contributed by atoms with E-state index in [4.69, 9.17) is 14.2 Å². The van der Waals surface area contributed by atoms with Crippen LogP contribution in [0, 0.1) is 3.57 Å². The van der Waals surface area contributed by atoms with E-state index in [-0.39, 0.29) is 12.5 Å². The minimum absolute atomic E-state index is 0.0224. The Labute approximate surface area is 209 Å². The van der Waals surface area contributed by atoms with E-state index in [0.29, 0.717) is 22.6 Å². The van der Waals surface area contributed by atoms with Gasteiger partial charge in [0.25, 0.3) is 11.8 Å². The zero-order chi connectivity index (χ0) is 23.9. The summed E-state index contributed by atoms with van der Waals surface area (Å²) in [4.78, 5) is 25.6. The van der Waals surface area contributed by atoms with Crippen molar-refractivity contribution in [3.63, 3.8) is 0 Å². The SMILES string of the molecule is COc1ccc(/C=N\NC(=O)/C(=C\c2ccc3c(c2)OCO3)NC(=O)c2ccccc2)cc1I. The first kappa shape index (κ1) is 23.3. The van der Waals surface area contributed by atoms with Crippen molar-refractivity contribution in [3.8, 4) is 17.2 Å². The smallest absolute Gasteiger partial charge is 0.287 e. The molecule has 0 aromatic heterocycles. The van der Waals surface area contributed by atoms with E-state index < -0.39 is 11.8 Å². The third kappa shape index (κ3) is 5.73. The second-order valence-electron chi connectivity index (χ2n) is 7.08. The van der Waals surface area contributed by atoms with Crippen LogP contribution in [-0.4, -0.2) is 31.9 Å². The summed E-state index contributed by atoms with van der Waals surface area (Å²) in [5.74, 6) is 0.933. The first-order chi connectivity index (χ1) is 16.5. The average Bonchev–Trinajstić information content (AvgIpc) is 3.32. The lowest BCUT2D eigenvalue weighted by atomic mass is 10.1. The van der Waals surface area contributed by atoms with Crippen molar-refractivity contribution in [1.82, 2.24) is 10.7 Å². The molecule has 3 aromatic carbocycles. The third-order valence-electron chi connectivity index (χ3n) is 4.79. The highest BCUT2D eigenvalue weighted by molar-refractivity contribution is 14.1. The van der Waals surface area contributed by atoms with E-state index in [1.165, 1.54) is 6.21 Å². The van der Waals surface area contributed by atoms with E-state index in [1.807, 2.05) is 24.3 Å². The molecule has 0 fully saturated rings. The van der Waals surface area contributed by atoms with Crippen molar-refractivity contribution in [2.45, 2.75) is 0 Å². The van der Waals surface area contributed by atoms with Crippen molar-refractivity contribution in [2.24, 2.45) is 5.10 Å². The predicted octanol–water partition coefficient (Wildman–Crippen LogP) is 3.95. The van der Waals surface area contributed by atoms with E-state index in [9.17, 15) is 9.59 Å². The molecule has 172 valence electrons.